The van der Waals surface area contributed by atoms with Crippen molar-refractivity contribution < 1.29 is 14.0 Å². The van der Waals surface area contributed by atoms with Gasteiger partial charge in [-0.2, -0.15) is 0 Å². The molecule has 130 valence electrons. The molecule has 2 amide bonds. The lowest BCUT2D eigenvalue weighted by Gasteiger charge is -2.19. The Morgan fingerprint density at radius 3 is 2.48 bits per heavy atom. The summed E-state index contributed by atoms with van der Waals surface area (Å²) in [4.78, 5) is 25.0. The van der Waals surface area contributed by atoms with Crippen LogP contribution in [0.25, 0.3) is 6.08 Å². The Labute approximate surface area is 147 Å². The van der Waals surface area contributed by atoms with Crippen molar-refractivity contribution in [3.05, 3.63) is 71.6 Å². The van der Waals surface area contributed by atoms with Crippen molar-refractivity contribution in [2.75, 3.05) is 11.9 Å². The first-order valence-corrected chi connectivity index (χ1v) is 8.07. The number of carbonyl (C=O) groups excluding carboxylic acids is 2. The highest BCUT2D eigenvalue weighted by atomic mass is 19.1. The maximum Gasteiger partial charge on any atom is 0.246 e. The van der Waals surface area contributed by atoms with Crippen molar-refractivity contribution in [1.82, 2.24) is 4.90 Å². The summed E-state index contributed by atoms with van der Waals surface area (Å²) < 4.78 is 13.3. The molecule has 0 heterocycles. The zero-order valence-corrected chi connectivity index (χ0v) is 14.3. The Morgan fingerprint density at radius 1 is 1.16 bits per heavy atom. The molecule has 25 heavy (non-hydrogen) atoms. The van der Waals surface area contributed by atoms with Crippen molar-refractivity contribution in [3.8, 4) is 0 Å². The van der Waals surface area contributed by atoms with E-state index in [0.29, 0.717) is 18.8 Å². The molecule has 0 aliphatic carbocycles. The predicted molar refractivity (Wildman–Crippen MR) is 97.3 cm³/mol. The number of rotatable bonds is 6. The van der Waals surface area contributed by atoms with E-state index in [4.69, 9.17) is 0 Å². The molecule has 0 aliphatic heterocycles. The molecule has 0 spiro atoms. The van der Waals surface area contributed by atoms with Gasteiger partial charge in [0.15, 0.2) is 0 Å². The van der Waals surface area contributed by atoms with Crippen LogP contribution in [0.15, 0.2) is 54.6 Å². The number of benzene rings is 2. The van der Waals surface area contributed by atoms with Crippen LogP contribution in [-0.4, -0.2) is 23.3 Å². The minimum Gasteiger partial charge on any atom is -0.335 e. The van der Waals surface area contributed by atoms with Gasteiger partial charge in [-0.15, -0.1) is 0 Å². The van der Waals surface area contributed by atoms with Gasteiger partial charge in [-0.05, 0) is 48.4 Å². The minimum atomic E-state index is -0.309. The van der Waals surface area contributed by atoms with E-state index in [0.717, 1.165) is 11.1 Å². The largest absolute Gasteiger partial charge is 0.335 e. The van der Waals surface area contributed by atoms with Crippen LogP contribution in [0.3, 0.4) is 0 Å². The van der Waals surface area contributed by atoms with Crippen LogP contribution >= 0.6 is 0 Å². The molecule has 5 heteroatoms. The van der Waals surface area contributed by atoms with Gasteiger partial charge in [-0.3, -0.25) is 9.59 Å². The summed E-state index contributed by atoms with van der Waals surface area (Å²) in [6.07, 6.45) is 3.21. The van der Waals surface area contributed by atoms with Gasteiger partial charge in [0, 0.05) is 31.8 Å². The second-order valence-corrected chi connectivity index (χ2v) is 5.62. The molecule has 0 radical (unpaired) electrons. The molecule has 2 rings (SSSR count). The lowest BCUT2D eigenvalue weighted by molar-refractivity contribution is -0.126. The molecular weight excluding hydrogens is 319 g/mol. The Hall–Kier alpha value is -2.95. The molecule has 4 nitrogen and oxygen atoms in total. The zero-order chi connectivity index (χ0) is 18.2. The molecule has 0 saturated heterocycles. The maximum absolute atomic E-state index is 13.3. The quantitative estimate of drug-likeness (QED) is 0.812. The third-order valence-electron chi connectivity index (χ3n) is 3.61. The second-order valence-electron chi connectivity index (χ2n) is 5.62. The van der Waals surface area contributed by atoms with Crippen molar-refractivity contribution in [3.63, 3.8) is 0 Å². The summed E-state index contributed by atoms with van der Waals surface area (Å²) in [5, 5.41) is 2.69. The summed E-state index contributed by atoms with van der Waals surface area (Å²) >= 11 is 0. The van der Waals surface area contributed by atoms with E-state index < -0.39 is 0 Å². The van der Waals surface area contributed by atoms with Gasteiger partial charge in [0.25, 0.3) is 0 Å². The van der Waals surface area contributed by atoms with Gasteiger partial charge in [0.1, 0.15) is 5.82 Å². The van der Waals surface area contributed by atoms with Crippen LogP contribution in [0.5, 0.6) is 0 Å². The number of nitrogens with one attached hydrogen (secondary N) is 1. The molecule has 1 N–H and O–H groups in total. The van der Waals surface area contributed by atoms with Gasteiger partial charge in [-0.25, -0.2) is 4.39 Å². The fourth-order valence-corrected chi connectivity index (χ4v) is 2.36. The number of nitrogens with zero attached hydrogens (tertiary/aromatic N) is 1. The Kier molecular flexibility index (Phi) is 6.46. The monoisotopic (exact) mass is 340 g/mol. The van der Waals surface area contributed by atoms with Gasteiger partial charge in [0.2, 0.25) is 11.8 Å². The van der Waals surface area contributed by atoms with Crippen LogP contribution in [-0.2, 0) is 16.1 Å². The molecular formula is C20H21FN2O2. The number of carbonyl (C=O) groups is 2. The number of hydrogen-bond donors (Lipinski definition) is 1. The van der Waals surface area contributed by atoms with Crippen molar-refractivity contribution in [1.29, 1.82) is 0 Å². The first-order valence-electron chi connectivity index (χ1n) is 8.07. The minimum absolute atomic E-state index is 0.130. The van der Waals surface area contributed by atoms with Crippen LogP contribution in [0.4, 0.5) is 10.1 Å². The van der Waals surface area contributed by atoms with Crippen LogP contribution in [0.1, 0.15) is 25.0 Å². The molecule has 0 fully saturated rings. The fraction of sp³-hybridized carbons (Fsp3) is 0.200. The molecule has 2 aromatic rings. The third kappa shape index (κ3) is 5.88. The fourth-order valence-electron chi connectivity index (χ4n) is 2.36. The van der Waals surface area contributed by atoms with Crippen LogP contribution in [0.2, 0.25) is 0 Å². The summed E-state index contributed by atoms with van der Waals surface area (Å²) in [6.45, 7) is 4.22. The molecule has 2 aromatic carbocycles. The van der Waals surface area contributed by atoms with E-state index >= 15 is 0 Å². The molecule has 0 bridgehead atoms. The van der Waals surface area contributed by atoms with E-state index in [1.165, 1.54) is 25.1 Å². The number of likely N-dealkylation sites (N-methyl/N-ethyl adjacent to an activating group) is 1. The summed E-state index contributed by atoms with van der Waals surface area (Å²) in [5.41, 5.74) is 2.31. The summed E-state index contributed by atoms with van der Waals surface area (Å²) in [6, 6.07) is 13.4. The predicted octanol–water partition coefficient (Wildman–Crippen LogP) is 3.85. The first-order chi connectivity index (χ1) is 12.0. The molecule has 0 aromatic heterocycles. The second kappa shape index (κ2) is 8.78. The number of hydrogen-bond acceptors (Lipinski definition) is 2. The highest BCUT2D eigenvalue weighted by Crippen LogP contribution is 2.12. The van der Waals surface area contributed by atoms with E-state index in [9.17, 15) is 14.0 Å². The van der Waals surface area contributed by atoms with Gasteiger partial charge < -0.3 is 10.2 Å². The SMILES string of the molecule is CCN(Cc1cccc(F)c1)C(=O)/C=C/c1ccc(NC(C)=O)cc1. The van der Waals surface area contributed by atoms with E-state index in [1.54, 1.807) is 35.2 Å². The number of halogens is 1. The Morgan fingerprint density at radius 2 is 1.88 bits per heavy atom. The van der Waals surface area contributed by atoms with Gasteiger partial charge in [-0.1, -0.05) is 24.3 Å². The standard InChI is InChI=1S/C20H21FN2O2/c1-3-23(14-17-5-4-6-18(21)13-17)20(25)12-9-16-7-10-19(11-8-16)22-15(2)24/h4-13H,3,14H2,1-2H3,(H,22,24)/b12-9+. The Balaban J connectivity index is 2.00. The van der Waals surface area contributed by atoms with Crippen molar-refractivity contribution in [2.45, 2.75) is 20.4 Å². The van der Waals surface area contributed by atoms with Crippen LogP contribution < -0.4 is 5.32 Å². The Bertz CT molecular complexity index is 770. The average molecular weight is 340 g/mol. The topological polar surface area (TPSA) is 49.4 Å². The number of anilines is 1. The highest BCUT2D eigenvalue weighted by molar-refractivity contribution is 5.92. The van der Waals surface area contributed by atoms with Crippen LogP contribution in [0, 0.1) is 5.82 Å². The number of amides is 2. The molecule has 0 unspecified atom stereocenters. The van der Waals surface area contributed by atoms with Gasteiger partial charge in [0.05, 0.1) is 0 Å². The normalized spacial score (nSPS) is 10.7. The zero-order valence-electron chi connectivity index (χ0n) is 14.3. The summed E-state index contributed by atoms with van der Waals surface area (Å²) in [5.74, 6) is -0.581. The van der Waals surface area contributed by atoms with Crippen molar-refractivity contribution in [2.24, 2.45) is 0 Å². The van der Waals surface area contributed by atoms with Gasteiger partial charge >= 0.3 is 0 Å². The molecule has 0 saturated carbocycles. The maximum atomic E-state index is 13.3. The highest BCUT2D eigenvalue weighted by Gasteiger charge is 2.09. The first kappa shape index (κ1) is 18.4. The molecule has 0 atom stereocenters. The van der Waals surface area contributed by atoms with E-state index in [1.807, 2.05) is 19.1 Å². The van der Waals surface area contributed by atoms with E-state index in [2.05, 4.69) is 5.32 Å². The lowest BCUT2D eigenvalue weighted by atomic mass is 10.1. The lowest BCUT2D eigenvalue weighted by Crippen LogP contribution is -2.28. The average Bonchev–Trinajstić information content (AvgIpc) is 2.58. The van der Waals surface area contributed by atoms with Crippen molar-refractivity contribution >= 4 is 23.6 Å². The van der Waals surface area contributed by atoms with E-state index in [-0.39, 0.29) is 17.6 Å². The third-order valence-corrected chi connectivity index (χ3v) is 3.61. The smallest absolute Gasteiger partial charge is 0.246 e. The molecule has 0 aliphatic rings. The summed E-state index contributed by atoms with van der Waals surface area (Å²) in [7, 11) is 0.